The maximum Gasteiger partial charge on any atom is 0.133 e. The third-order valence-electron chi connectivity index (χ3n) is 2.99. The molecule has 0 aliphatic carbocycles. The molecule has 2 nitrogen and oxygen atoms in total. The Balaban J connectivity index is 2.74. The van der Waals surface area contributed by atoms with Crippen molar-refractivity contribution in [2.45, 2.75) is 33.8 Å². The quantitative estimate of drug-likeness (QED) is 0.828. The van der Waals surface area contributed by atoms with Crippen LogP contribution >= 0.6 is 0 Å². The highest BCUT2D eigenvalue weighted by Gasteiger charge is 2.18. The normalized spacial score (nSPS) is 12.8. The van der Waals surface area contributed by atoms with Crippen molar-refractivity contribution in [1.29, 1.82) is 0 Å². The Morgan fingerprint density at radius 2 is 1.69 bits per heavy atom. The number of carbonyl (C=O) groups excluding carboxylic acids is 1. The van der Waals surface area contributed by atoms with Gasteiger partial charge in [0.2, 0.25) is 0 Å². The summed E-state index contributed by atoms with van der Waals surface area (Å²) < 4.78 is 0. The molecule has 0 aliphatic heterocycles. The molecule has 0 fully saturated rings. The fourth-order valence-corrected chi connectivity index (χ4v) is 1.88. The summed E-state index contributed by atoms with van der Waals surface area (Å²) in [6, 6.07) is 7.80. The molecule has 0 saturated heterocycles. The van der Waals surface area contributed by atoms with Gasteiger partial charge in [-0.2, -0.15) is 0 Å². The predicted octanol–water partition coefficient (Wildman–Crippen LogP) is 2.58. The van der Waals surface area contributed by atoms with Crippen LogP contribution in [0.5, 0.6) is 0 Å². The predicted molar refractivity (Wildman–Crippen MR) is 65.1 cm³/mol. The zero-order valence-corrected chi connectivity index (χ0v) is 10.2. The van der Waals surface area contributed by atoms with E-state index in [0.29, 0.717) is 5.92 Å². The van der Waals surface area contributed by atoms with Gasteiger partial charge < -0.3 is 5.11 Å². The molecule has 1 atom stereocenters. The zero-order valence-electron chi connectivity index (χ0n) is 10.2. The highest BCUT2D eigenvalue weighted by atomic mass is 16.3. The molecule has 0 aromatic heterocycles. The van der Waals surface area contributed by atoms with Crippen molar-refractivity contribution in [2.75, 3.05) is 0 Å². The van der Waals surface area contributed by atoms with Crippen LogP contribution in [-0.4, -0.2) is 10.9 Å². The molecule has 0 amide bonds. The fourth-order valence-electron chi connectivity index (χ4n) is 1.88. The maximum absolute atomic E-state index is 11.5. The Hall–Kier alpha value is -1.15. The Bertz CT molecular complexity index is 338. The highest BCUT2D eigenvalue weighted by Crippen LogP contribution is 2.18. The number of hydrogen-bond donors (Lipinski definition) is 1. The average Bonchev–Trinajstić information content (AvgIpc) is 2.25. The van der Waals surface area contributed by atoms with Crippen LogP contribution in [0, 0.1) is 11.8 Å². The minimum absolute atomic E-state index is 0.0700. The molecule has 88 valence electrons. The number of benzene rings is 1. The Labute approximate surface area is 97.3 Å². The van der Waals surface area contributed by atoms with Crippen molar-refractivity contribution in [1.82, 2.24) is 0 Å². The molecule has 0 spiro atoms. The first kappa shape index (κ1) is 12.9. The molecule has 0 bridgehead atoms. The summed E-state index contributed by atoms with van der Waals surface area (Å²) >= 11 is 0. The molecular weight excluding hydrogens is 200 g/mol. The van der Waals surface area contributed by atoms with Crippen LogP contribution in [0.25, 0.3) is 0 Å². The van der Waals surface area contributed by atoms with Crippen molar-refractivity contribution in [3.8, 4) is 0 Å². The standard InChI is InChI=1S/C14H20O2/c1-10(2)14(11(3)16)8-12-4-6-13(9-15)7-5-12/h4-7,10,14-15H,8-9H2,1-3H3. The number of aliphatic hydroxyl groups is 1. The van der Waals surface area contributed by atoms with Gasteiger partial charge in [0, 0.05) is 5.92 Å². The molecule has 1 unspecified atom stereocenters. The summed E-state index contributed by atoms with van der Waals surface area (Å²) in [5, 5.41) is 8.93. The molecule has 16 heavy (non-hydrogen) atoms. The molecule has 0 heterocycles. The summed E-state index contributed by atoms with van der Waals surface area (Å²) in [6.45, 7) is 5.88. The van der Waals surface area contributed by atoms with Gasteiger partial charge in [-0.15, -0.1) is 0 Å². The van der Waals surface area contributed by atoms with Gasteiger partial charge in [-0.25, -0.2) is 0 Å². The topological polar surface area (TPSA) is 37.3 Å². The van der Waals surface area contributed by atoms with Crippen LogP contribution < -0.4 is 0 Å². The lowest BCUT2D eigenvalue weighted by molar-refractivity contribution is -0.121. The first-order valence-electron chi connectivity index (χ1n) is 5.73. The number of hydrogen-bond acceptors (Lipinski definition) is 2. The maximum atomic E-state index is 11.5. The average molecular weight is 220 g/mol. The van der Waals surface area contributed by atoms with E-state index < -0.39 is 0 Å². The third kappa shape index (κ3) is 3.46. The van der Waals surface area contributed by atoms with E-state index in [1.165, 1.54) is 0 Å². The first-order valence-corrected chi connectivity index (χ1v) is 5.73. The molecule has 0 radical (unpaired) electrons. The second-order valence-corrected chi connectivity index (χ2v) is 4.64. The van der Waals surface area contributed by atoms with E-state index in [9.17, 15) is 4.79 Å². The van der Waals surface area contributed by atoms with E-state index in [4.69, 9.17) is 5.11 Å². The van der Waals surface area contributed by atoms with Crippen molar-refractivity contribution < 1.29 is 9.90 Å². The van der Waals surface area contributed by atoms with E-state index in [1.807, 2.05) is 24.3 Å². The second-order valence-electron chi connectivity index (χ2n) is 4.64. The summed E-state index contributed by atoms with van der Waals surface area (Å²) in [5.41, 5.74) is 2.07. The van der Waals surface area contributed by atoms with E-state index in [0.717, 1.165) is 17.5 Å². The van der Waals surface area contributed by atoms with Crippen LogP contribution in [0.15, 0.2) is 24.3 Å². The van der Waals surface area contributed by atoms with Crippen LogP contribution in [0.4, 0.5) is 0 Å². The van der Waals surface area contributed by atoms with Crippen LogP contribution in [0.3, 0.4) is 0 Å². The highest BCUT2D eigenvalue weighted by molar-refractivity contribution is 5.78. The van der Waals surface area contributed by atoms with Gasteiger partial charge >= 0.3 is 0 Å². The molecule has 1 N–H and O–H groups in total. The summed E-state index contributed by atoms with van der Waals surface area (Å²) in [5.74, 6) is 0.719. The van der Waals surface area contributed by atoms with Crippen molar-refractivity contribution >= 4 is 5.78 Å². The largest absolute Gasteiger partial charge is 0.392 e. The van der Waals surface area contributed by atoms with E-state index in [2.05, 4.69) is 13.8 Å². The smallest absolute Gasteiger partial charge is 0.133 e. The third-order valence-corrected chi connectivity index (χ3v) is 2.99. The second kappa shape index (κ2) is 5.80. The summed E-state index contributed by atoms with van der Waals surface area (Å²) in [7, 11) is 0. The first-order chi connectivity index (χ1) is 7.54. The lowest BCUT2D eigenvalue weighted by Crippen LogP contribution is -2.20. The van der Waals surface area contributed by atoms with Gasteiger partial charge in [-0.1, -0.05) is 38.1 Å². The van der Waals surface area contributed by atoms with E-state index in [1.54, 1.807) is 6.92 Å². The molecular formula is C14H20O2. The van der Waals surface area contributed by atoms with Gasteiger partial charge in [0.25, 0.3) is 0 Å². The lowest BCUT2D eigenvalue weighted by Gasteiger charge is -2.17. The van der Waals surface area contributed by atoms with Crippen LogP contribution in [0.1, 0.15) is 31.9 Å². The Kier molecular flexibility index (Phi) is 4.69. The van der Waals surface area contributed by atoms with Crippen LogP contribution in [-0.2, 0) is 17.8 Å². The molecule has 2 heteroatoms. The number of aliphatic hydroxyl groups excluding tert-OH is 1. The summed E-state index contributed by atoms with van der Waals surface area (Å²) in [4.78, 5) is 11.5. The van der Waals surface area contributed by atoms with Gasteiger partial charge in [-0.05, 0) is 30.4 Å². The minimum Gasteiger partial charge on any atom is -0.392 e. The van der Waals surface area contributed by atoms with E-state index >= 15 is 0 Å². The van der Waals surface area contributed by atoms with Crippen LogP contribution in [0.2, 0.25) is 0 Å². The van der Waals surface area contributed by atoms with Gasteiger partial charge in [0.15, 0.2) is 0 Å². The molecule has 1 rings (SSSR count). The molecule has 1 aromatic carbocycles. The molecule has 0 saturated carbocycles. The molecule has 0 aliphatic rings. The minimum atomic E-state index is 0.0700. The number of rotatable bonds is 5. The summed E-state index contributed by atoms with van der Waals surface area (Å²) in [6.07, 6.45) is 0.790. The lowest BCUT2D eigenvalue weighted by atomic mass is 9.86. The van der Waals surface area contributed by atoms with Crippen molar-refractivity contribution in [3.05, 3.63) is 35.4 Å². The van der Waals surface area contributed by atoms with Crippen molar-refractivity contribution in [3.63, 3.8) is 0 Å². The monoisotopic (exact) mass is 220 g/mol. The number of carbonyl (C=O) groups is 1. The number of ketones is 1. The Morgan fingerprint density at radius 3 is 2.06 bits per heavy atom. The number of Topliss-reactive ketones (excluding diaryl/α,β-unsaturated/α-hetero) is 1. The zero-order chi connectivity index (χ0) is 12.1. The fraction of sp³-hybridized carbons (Fsp3) is 0.500. The molecule has 1 aromatic rings. The van der Waals surface area contributed by atoms with Crippen molar-refractivity contribution in [2.24, 2.45) is 11.8 Å². The van der Waals surface area contributed by atoms with Gasteiger partial charge in [0.1, 0.15) is 5.78 Å². The van der Waals surface area contributed by atoms with Gasteiger partial charge in [0.05, 0.1) is 6.61 Å². The van der Waals surface area contributed by atoms with E-state index in [-0.39, 0.29) is 18.3 Å². The Morgan fingerprint density at radius 1 is 1.19 bits per heavy atom. The van der Waals surface area contributed by atoms with Gasteiger partial charge in [-0.3, -0.25) is 4.79 Å². The SMILES string of the molecule is CC(=O)C(Cc1ccc(CO)cc1)C(C)C.